The minimum absolute atomic E-state index is 0.0627. The van der Waals surface area contributed by atoms with Crippen molar-refractivity contribution < 1.29 is 9.59 Å². The molecule has 0 bridgehead atoms. The van der Waals surface area contributed by atoms with E-state index in [0.29, 0.717) is 30.2 Å². The van der Waals surface area contributed by atoms with Crippen LogP contribution in [0.3, 0.4) is 0 Å². The lowest BCUT2D eigenvalue weighted by molar-refractivity contribution is -0.135. The molecule has 166 valence electrons. The van der Waals surface area contributed by atoms with E-state index in [1.165, 1.54) is 0 Å². The standard InChI is InChI=1S/C23H30ClN5O2/c1-3-27(4-2)22(31)19-16-29(26-25-19)20-9-10-23(20)11-13-28(14-12-23)21(30)15-17-5-7-18(24)8-6-17/h5-8,16,20H,3-4,9-15H2,1-2H3. The van der Waals surface area contributed by atoms with Gasteiger partial charge in [-0.3, -0.25) is 9.59 Å². The number of hydrogen-bond acceptors (Lipinski definition) is 4. The van der Waals surface area contributed by atoms with Crippen molar-refractivity contribution in [3.63, 3.8) is 0 Å². The highest BCUT2D eigenvalue weighted by Crippen LogP contribution is 2.56. The van der Waals surface area contributed by atoms with Crippen LogP contribution in [0.4, 0.5) is 0 Å². The lowest BCUT2D eigenvalue weighted by Gasteiger charge is -2.53. The molecule has 2 fully saturated rings. The summed E-state index contributed by atoms with van der Waals surface area (Å²) >= 11 is 5.94. The van der Waals surface area contributed by atoms with Crippen LogP contribution in [-0.4, -0.2) is 62.8 Å². The lowest BCUT2D eigenvalue weighted by Crippen LogP contribution is -2.51. The number of halogens is 1. The summed E-state index contributed by atoms with van der Waals surface area (Å²) in [6, 6.07) is 7.73. The summed E-state index contributed by atoms with van der Waals surface area (Å²) in [5.41, 5.74) is 1.56. The second kappa shape index (κ2) is 8.99. The molecule has 1 aliphatic heterocycles. The van der Waals surface area contributed by atoms with Crippen molar-refractivity contribution in [3.05, 3.63) is 46.7 Å². The molecule has 1 aromatic carbocycles. The molecular formula is C23H30ClN5O2. The summed E-state index contributed by atoms with van der Waals surface area (Å²) in [6.07, 6.45) is 6.32. The third-order valence-corrected chi connectivity index (χ3v) is 7.35. The average molecular weight is 444 g/mol. The van der Waals surface area contributed by atoms with Gasteiger partial charge in [0.05, 0.1) is 18.7 Å². The zero-order chi connectivity index (χ0) is 22.0. The molecule has 1 saturated carbocycles. The van der Waals surface area contributed by atoms with Gasteiger partial charge >= 0.3 is 0 Å². The van der Waals surface area contributed by atoms with Gasteiger partial charge in [-0.1, -0.05) is 28.9 Å². The summed E-state index contributed by atoms with van der Waals surface area (Å²) in [7, 11) is 0. The van der Waals surface area contributed by atoms with Gasteiger partial charge in [0.25, 0.3) is 5.91 Å². The fourth-order valence-electron chi connectivity index (χ4n) is 4.97. The fourth-order valence-corrected chi connectivity index (χ4v) is 5.09. The van der Waals surface area contributed by atoms with Gasteiger partial charge in [-0.2, -0.15) is 0 Å². The molecule has 1 aromatic heterocycles. The number of benzene rings is 1. The van der Waals surface area contributed by atoms with Gasteiger partial charge in [0.2, 0.25) is 5.91 Å². The highest BCUT2D eigenvalue weighted by molar-refractivity contribution is 6.30. The Balaban J connectivity index is 1.36. The van der Waals surface area contributed by atoms with E-state index in [0.717, 1.165) is 44.3 Å². The normalized spacial score (nSPS) is 19.8. The van der Waals surface area contributed by atoms with Crippen molar-refractivity contribution in [2.75, 3.05) is 26.2 Å². The van der Waals surface area contributed by atoms with Gasteiger partial charge in [0, 0.05) is 31.2 Å². The van der Waals surface area contributed by atoms with Crippen LogP contribution in [0.2, 0.25) is 5.02 Å². The van der Waals surface area contributed by atoms with Crippen molar-refractivity contribution >= 4 is 23.4 Å². The topological polar surface area (TPSA) is 71.3 Å². The summed E-state index contributed by atoms with van der Waals surface area (Å²) in [5.74, 6) is 0.105. The number of piperidine rings is 1. The number of nitrogens with zero attached hydrogens (tertiary/aromatic N) is 5. The van der Waals surface area contributed by atoms with Crippen LogP contribution in [0, 0.1) is 5.41 Å². The summed E-state index contributed by atoms with van der Waals surface area (Å²) in [6.45, 7) is 6.79. The van der Waals surface area contributed by atoms with Crippen LogP contribution in [0.15, 0.2) is 30.5 Å². The second-order valence-corrected chi connectivity index (χ2v) is 9.10. The number of aromatic nitrogens is 3. The van der Waals surface area contributed by atoms with Gasteiger partial charge in [-0.05, 0) is 62.6 Å². The Morgan fingerprint density at radius 1 is 1.13 bits per heavy atom. The highest BCUT2D eigenvalue weighted by Gasteiger charge is 2.50. The van der Waals surface area contributed by atoms with E-state index in [2.05, 4.69) is 10.3 Å². The molecule has 1 saturated heterocycles. The molecule has 0 radical (unpaired) electrons. The molecular weight excluding hydrogens is 414 g/mol. The Bertz CT molecular complexity index is 930. The third kappa shape index (κ3) is 4.33. The molecule has 1 spiro atoms. The third-order valence-electron chi connectivity index (χ3n) is 7.10. The molecule has 2 heterocycles. The van der Waals surface area contributed by atoms with E-state index in [1.807, 2.05) is 53.9 Å². The zero-order valence-corrected chi connectivity index (χ0v) is 19.0. The number of likely N-dealkylation sites (tertiary alicyclic amines) is 1. The molecule has 8 heteroatoms. The molecule has 2 aromatic rings. The minimum atomic E-state index is -0.0627. The molecule has 0 N–H and O–H groups in total. The van der Waals surface area contributed by atoms with Gasteiger partial charge < -0.3 is 9.80 Å². The van der Waals surface area contributed by atoms with Crippen LogP contribution in [0.5, 0.6) is 0 Å². The molecule has 2 amide bonds. The van der Waals surface area contributed by atoms with E-state index < -0.39 is 0 Å². The van der Waals surface area contributed by atoms with Crippen LogP contribution < -0.4 is 0 Å². The summed E-state index contributed by atoms with van der Waals surface area (Å²) in [4.78, 5) is 29.0. The van der Waals surface area contributed by atoms with Crippen molar-refractivity contribution in [1.29, 1.82) is 0 Å². The van der Waals surface area contributed by atoms with Crippen molar-refractivity contribution in [2.24, 2.45) is 5.41 Å². The van der Waals surface area contributed by atoms with Gasteiger partial charge in [0.1, 0.15) is 0 Å². The molecule has 4 rings (SSSR count). The Hall–Kier alpha value is -2.41. The minimum Gasteiger partial charge on any atom is -0.342 e. The number of amides is 2. The number of carbonyl (C=O) groups excluding carboxylic acids is 2. The zero-order valence-electron chi connectivity index (χ0n) is 18.3. The van der Waals surface area contributed by atoms with Crippen LogP contribution in [-0.2, 0) is 11.2 Å². The average Bonchev–Trinajstić information content (AvgIpc) is 3.24. The van der Waals surface area contributed by atoms with Crippen LogP contribution in [0.1, 0.15) is 61.6 Å². The SMILES string of the molecule is CCN(CC)C(=O)c1cn(C2CCC23CCN(C(=O)Cc2ccc(Cl)cc2)CC3)nn1. The molecule has 1 atom stereocenters. The Morgan fingerprint density at radius 3 is 2.39 bits per heavy atom. The van der Waals surface area contributed by atoms with E-state index >= 15 is 0 Å². The number of hydrogen-bond donors (Lipinski definition) is 0. The second-order valence-electron chi connectivity index (χ2n) is 8.66. The highest BCUT2D eigenvalue weighted by atomic mass is 35.5. The smallest absolute Gasteiger partial charge is 0.276 e. The number of carbonyl (C=O) groups is 2. The Kier molecular flexibility index (Phi) is 6.32. The van der Waals surface area contributed by atoms with Crippen LogP contribution in [0.25, 0.3) is 0 Å². The van der Waals surface area contributed by atoms with E-state index in [-0.39, 0.29) is 23.3 Å². The first-order valence-corrected chi connectivity index (χ1v) is 11.6. The van der Waals surface area contributed by atoms with E-state index in [1.54, 1.807) is 4.90 Å². The number of rotatable bonds is 6. The summed E-state index contributed by atoms with van der Waals surface area (Å²) < 4.78 is 1.89. The molecule has 7 nitrogen and oxygen atoms in total. The monoisotopic (exact) mass is 443 g/mol. The predicted octanol–water partition coefficient (Wildman–Crippen LogP) is 3.60. The maximum absolute atomic E-state index is 12.7. The predicted molar refractivity (Wildman–Crippen MR) is 119 cm³/mol. The first-order chi connectivity index (χ1) is 15.0. The van der Waals surface area contributed by atoms with E-state index in [4.69, 9.17) is 11.6 Å². The maximum Gasteiger partial charge on any atom is 0.276 e. The molecule has 2 aliphatic rings. The summed E-state index contributed by atoms with van der Waals surface area (Å²) in [5, 5.41) is 9.15. The quantitative estimate of drug-likeness (QED) is 0.683. The van der Waals surface area contributed by atoms with Crippen molar-refractivity contribution in [2.45, 2.75) is 52.0 Å². The first-order valence-electron chi connectivity index (χ1n) is 11.2. The molecule has 1 aliphatic carbocycles. The van der Waals surface area contributed by atoms with Crippen molar-refractivity contribution in [3.8, 4) is 0 Å². The van der Waals surface area contributed by atoms with Gasteiger partial charge in [0.15, 0.2) is 5.69 Å². The van der Waals surface area contributed by atoms with E-state index in [9.17, 15) is 9.59 Å². The molecule has 1 unspecified atom stereocenters. The first kappa shape index (κ1) is 21.8. The largest absolute Gasteiger partial charge is 0.342 e. The lowest BCUT2D eigenvalue weighted by atomic mass is 9.59. The molecule has 31 heavy (non-hydrogen) atoms. The van der Waals surface area contributed by atoms with Gasteiger partial charge in [-0.15, -0.1) is 5.10 Å². The Labute approximate surface area is 188 Å². The van der Waals surface area contributed by atoms with Gasteiger partial charge in [-0.25, -0.2) is 4.68 Å². The Morgan fingerprint density at radius 2 is 1.81 bits per heavy atom. The maximum atomic E-state index is 12.7. The van der Waals surface area contributed by atoms with Crippen LogP contribution >= 0.6 is 11.6 Å². The van der Waals surface area contributed by atoms with Crippen molar-refractivity contribution in [1.82, 2.24) is 24.8 Å². The fraction of sp³-hybridized carbons (Fsp3) is 0.565.